The zero-order valence-electron chi connectivity index (χ0n) is 12.7. The van der Waals surface area contributed by atoms with Crippen molar-refractivity contribution < 1.29 is 0 Å². The maximum Gasteiger partial charge on any atom is 0.260 e. The van der Waals surface area contributed by atoms with E-state index in [1.807, 2.05) is 24.3 Å². The van der Waals surface area contributed by atoms with Crippen LogP contribution in [0.5, 0.6) is 0 Å². The lowest BCUT2D eigenvalue weighted by molar-refractivity contribution is 0.793. The summed E-state index contributed by atoms with van der Waals surface area (Å²) < 4.78 is 0. The molecular weight excluding hydrogens is 288 g/mol. The second-order valence-electron chi connectivity index (χ2n) is 5.84. The summed E-state index contributed by atoms with van der Waals surface area (Å²) >= 11 is 0. The van der Waals surface area contributed by atoms with E-state index in [9.17, 15) is 4.79 Å². The number of hydrogen-bond acceptors (Lipinski definition) is 4. The lowest BCUT2D eigenvalue weighted by Crippen LogP contribution is -2.27. The number of nitrogens with zero attached hydrogens (tertiary/aromatic N) is 2. The SMILES string of the molecule is O=c1[nH]c(N[C@H]2CCN(c3ccccc3)C2)nc2ccccc12. The fourth-order valence-electron chi connectivity index (χ4n) is 3.10. The second-order valence-corrected chi connectivity index (χ2v) is 5.84. The molecule has 1 aromatic heterocycles. The largest absolute Gasteiger partial charge is 0.369 e. The number of benzene rings is 2. The summed E-state index contributed by atoms with van der Waals surface area (Å²) in [6, 6.07) is 18.1. The summed E-state index contributed by atoms with van der Waals surface area (Å²) in [4.78, 5) is 21.8. The minimum Gasteiger partial charge on any atom is -0.369 e. The number of rotatable bonds is 3. The Kier molecular flexibility index (Phi) is 3.46. The first kappa shape index (κ1) is 13.8. The van der Waals surface area contributed by atoms with E-state index < -0.39 is 0 Å². The van der Waals surface area contributed by atoms with Gasteiger partial charge in [-0.2, -0.15) is 0 Å². The van der Waals surface area contributed by atoms with E-state index >= 15 is 0 Å². The van der Waals surface area contributed by atoms with E-state index in [1.165, 1.54) is 5.69 Å². The van der Waals surface area contributed by atoms with Crippen molar-refractivity contribution in [1.29, 1.82) is 0 Å². The maximum absolute atomic E-state index is 12.1. The Labute approximate surface area is 134 Å². The highest BCUT2D eigenvalue weighted by atomic mass is 16.1. The Balaban J connectivity index is 1.52. The van der Waals surface area contributed by atoms with E-state index in [2.05, 4.69) is 44.5 Å². The Morgan fingerprint density at radius 2 is 1.87 bits per heavy atom. The molecule has 0 saturated carbocycles. The van der Waals surface area contributed by atoms with Crippen molar-refractivity contribution in [3.05, 3.63) is 65.0 Å². The number of H-pyrrole nitrogens is 1. The topological polar surface area (TPSA) is 61.0 Å². The van der Waals surface area contributed by atoms with Gasteiger partial charge in [0.2, 0.25) is 5.95 Å². The molecule has 1 saturated heterocycles. The van der Waals surface area contributed by atoms with Gasteiger partial charge in [0.15, 0.2) is 0 Å². The monoisotopic (exact) mass is 306 g/mol. The third kappa shape index (κ3) is 2.77. The molecule has 1 aliphatic rings. The fourth-order valence-corrected chi connectivity index (χ4v) is 3.10. The van der Waals surface area contributed by atoms with Gasteiger partial charge in [-0.25, -0.2) is 4.98 Å². The quantitative estimate of drug-likeness (QED) is 0.781. The highest BCUT2D eigenvalue weighted by Crippen LogP contribution is 2.21. The van der Waals surface area contributed by atoms with Gasteiger partial charge in [-0.05, 0) is 30.7 Å². The van der Waals surface area contributed by atoms with Gasteiger partial charge in [-0.3, -0.25) is 9.78 Å². The number of fused-ring (bicyclic) bond motifs is 1. The summed E-state index contributed by atoms with van der Waals surface area (Å²) in [5.74, 6) is 0.550. The fraction of sp³-hybridized carbons (Fsp3) is 0.222. The summed E-state index contributed by atoms with van der Waals surface area (Å²) in [7, 11) is 0. The van der Waals surface area contributed by atoms with Crippen molar-refractivity contribution in [3.63, 3.8) is 0 Å². The number of hydrogen-bond donors (Lipinski definition) is 2. The van der Waals surface area contributed by atoms with Crippen LogP contribution in [0, 0.1) is 0 Å². The van der Waals surface area contributed by atoms with Gasteiger partial charge in [-0.1, -0.05) is 30.3 Å². The van der Waals surface area contributed by atoms with E-state index in [-0.39, 0.29) is 11.6 Å². The molecule has 5 heteroatoms. The smallest absolute Gasteiger partial charge is 0.260 e. The maximum atomic E-state index is 12.1. The molecule has 0 bridgehead atoms. The molecule has 0 unspecified atom stereocenters. The lowest BCUT2D eigenvalue weighted by Gasteiger charge is -2.19. The third-order valence-corrected chi connectivity index (χ3v) is 4.26. The molecule has 1 aliphatic heterocycles. The third-order valence-electron chi connectivity index (χ3n) is 4.26. The van der Waals surface area contributed by atoms with E-state index in [1.54, 1.807) is 6.07 Å². The zero-order valence-corrected chi connectivity index (χ0v) is 12.7. The number of aromatic amines is 1. The molecule has 1 atom stereocenters. The number of para-hydroxylation sites is 2. The van der Waals surface area contributed by atoms with Gasteiger partial charge in [0.1, 0.15) is 0 Å². The Morgan fingerprint density at radius 3 is 2.74 bits per heavy atom. The van der Waals surface area contributed by atoms with Gasteiger partial charge in [0.05, 0.1) is 10.9 Å². The van der Waals surface area contributed by atoms with Crippen LogP contribution in [0.3, 0.4) is 0 Å². The van der Waals surface area contributed by atoms with Gasteiger partial charge in [-0.15, -0.1) is 0 Å². The van der Waals surface area contributed by atoms with Crippen LogP contribution < -0.4 is 15.8 Å². The van der Waals surface area contributed by atoms with E-state index in [4.69, 9.17) is 0 Å². The van der Waals surface area contributed by atoms with E-state index in [0.717, 1.165) is 25.0 Å². The first-order valence-electron chi connectivity index (χ1n) is 7.85. The molecule has 116 valence electrons. The molecule has 2 N–H and O–H groups in total. The van der Waals surface area contributed by atoms with Gasteiger partial charge in [0, 0.05) is 24.8 Å². The van der Waals surface area contributed by atoms with Crippen LogP contribution in [0.4, 0.5) is 11.6 Å². The Morgan fingerprint density at radius 1 is 1.09 bits per heavy atom. The summed E-state index contributed by atoms with van der Waals surface area (Å²) in [6.45, 7) is 1.90. The molecule has 0 radical (unpaired) electrons. The number of aromatic nitrogens is 2. The molecule has 2 aromatic carbocycles. The average Bonchev–Trinajstić information content (AvgIpc) is 3.04. The summed E-state index contributed by atoms with van der Waals surface area (Å²) in [5, 5.41) is 3.99. The minimum atomic E-state index is -0.101. The van der Waals surface area contributed by atoms with Crippen LogP contribution >= 0.6 is 0 Å². The highest BCUT2D eigenvalue weighted by molar-refractivity contribution is 5.78. The Bertz CT molecular complexity index is 875. The lowest BCUT2D eigenvalue weighted by atomic mass is 10.2. The molecule has 0 aliphatic carbocycles. The molecule has 0 spiro atoms. The second kappa shape index (κ2) is 5.76. The van der Waals surface area contributed by atoms with Crippen molar-refractivity contribution in [1.82, 2.24) is 9.97 Å². The first-order valence-corrected chi connectivity index (χ1v) is 7.85. The first-order chi connectivity index (χ1) is 11.3. The molecule has 1 fully saturated rings. The van der Waals surface area contributed by atoms with Gasteiger partial charge < -0.3 is 10.2 Å². The van der Waals surface area contributed by atoms with Gasteiger partial charge >= 0.3 is 0 Å². The predicted octanol–water partition coefficient (Wildman–Crippen LogP) is 2.61. The minimum absolute atomic E-state index is 0.101. The van der Waals surface area contributed by atoms with Crippen LogP contribution in [-0.2, 0) is 0 Å². The van der Waals surface area contributed by atoms with Crippen LogP contribution in [0.15, 0.2) is 59.4 Å². The van der Waals surface area contributed by atoms with Crippen molar-refractivity contribution in [2.24, 2.45) is 0 Å². The van der Waals surface area contributed by atoms with Gasteiger partial charge in [0.25, 0.3) is 5.56 Å². The van der Waals surface area contributed by atoms with Crippen LogP contribution in [0.2, 0.25) is 0 Å². The zero-order chi connectivity index (χ0) is 15.6. The Hall–Kier alpha value is -2.82. The number of nitrogens with one attached hydrogen (secondary N) is 2. The average molecular weight is 306 g/mol. The van der Waals surface area contributed by atoms with Crippen molar-refractivity contribution >= 4 is 22.5 Å². The predicted molar refractivity (Wildman–Crippen MR) is 93.0 cm³/mol. The van der Waals surface area contributed by atoms with Crippen molar-refractivity contribution in [3.8, 4) is 0 Å². The van der Waals surface area contributed by atoms with Crippen LogP contribution in [-0.4, -0.2) is 29.1 Å². The molecule has 23 heavy (non-hydrogen) atoms. The molecule has 2 heterocycles. The van der Waals surface area contributed by atoms with Crippen molar-refractivity contribution in [2.75, 3.05) is 23.3 Å². The molecular formula is C18H18N4O. The molecule has 0 amide bonds. The molecule has 4 rings (SSSR count). The standard InChI is InChI=1S/C18H18N4O/c23-17-15-8-4-5-9-16(15)20-18(21-17)19-13-10-11-22(12-13)14-6-2-1-3-7-14/h1-9,13H,10-12H2,(H2,19,20,21,23)/t13-/m0/s1. The molecule has 3 aromatic rings. The van der Waals surface area contributed by atoms with Crippen LogP contribution in [0.1, 0.15) is 6.42 Å². The summed E-state index contributed by atoms with van der Waals surface area (Å²) in [6.07, 6.45) is 1.02. The number of anilines is 2. The highest BCUT2D eigenvalue weighted by Gasteiger charge is 2.23. The molecule has 5 nitrogen and oxygen atoms in total. The summed E-state index contributed by atoms with van der Waals surface area (Å²) in [5.41, 5.74) is 1.85. The van der Waals surface area contributed by atoms with Crippen molar-refractivity contribution in [2.45, 2.75) is 12.5 Å². The normalized spacial score (nSPS) is 17.6. The van der Waals surface area contributed by atoms with Crippen LogP contribution in [0.25, 0.3) is 10.9 Å². The van der Waals surface area contributed by atoms with E-state index in [0.29, 0.717) is 11.3 Å².